The molecule has 0 amide bonds. The van der Waals surface area contributed by atoms with Crippen LogP contribution >= 0.6 is 11.8 Å². The zero-order valence-corrected chi connectivity index (χ0v) is 17.0. The second kappa shape index (κ2) is 10.8. The first-order chi connectivity index (χ1) is 12.8. The third kappa shape index (κ3) is 6.20. The molecule has 1 aromatic carbocycles. The van der Waals surface area contributed by atoms with E-state index in [2.05, 4.69) is 58.5 Å². The molecule has 2 heterocycles. The van der Waals surface area contributed by atoms with E-state index < -0.39 is 0 Å². The predicted octanol–water partition coefficient (Wildman–Crippen LogP) is 3.62. The van der Waals surface area contributed by atoms with Crippen molar-refractivity contribution in [2.24, 2.45) is 4.99 Å². The molecule has 0 bridgehead atoms. The van der Waals surface area contributed by atoms with Gasteiger partial charge in [0.25, 0.3) is 0 Å². The van der Waals surface area contributed by atoms with Crippen molar-refractivity contribution in [3.63, 3.8) is 0 Å². The third-order valence-corrected chi connectivity index (χ3v) is 6.63. The summed E-state index contributed by atoms with van der Waals surface area (Å²) in [5.74, 6) is 2.26. The molecule has 5 heteroatoms. The summed E-state index contributed by atoms with van der Waals surface area (Å²) in [4.78, 5) is 7.46. The van der Waals surface area contributed by atoms with Crippen molar-refractivity contribution in [3.05, 3.63) is 35.4 Å². The topological polar surface area (TPSA) is 39.7 Å². The SMILES string of the molecule is CCNC(=NCc1ccccc1CN1CCCCC1)NCC1CCCS1. The van der Waals surface area contributed by atoms with Crippen LogP contribution in [0.1, 0.15) is 50.2 Å². The monoisotopic (exact) mass is 374 g/mol. The Labute approximate surface area is 163 Å². The molecule has 0 spiro atoms. The smallest absolute Gasteiger partial charge is 0.191 e. The third-order valence-electron chi connectivity index (χ3n) is 5.23. The Hall–Kier alpha value is -1.20. The molecule has 1 atom stereocenters. The van der Waals surface area contributed by atoms with Gasteiger partial charge in [-0.1, -0.05) is 30.7 Å². The van der Waals surface area contributed by atoms with Crippen LogP contribution in [0.5, 0.6) is 0 Å². The highest BCUT2D eigenvalue weighted by atomic mass is 32.2. The molecule has 0 aromatic heterocycles. The van der Waals surface area contributed by atoms with Gasteiger partial charge in [-0.2, -0.15) is 11.8 Å². The molecule has 144 valence electrons. The van der Waals surface area contributed by atoms with Gasteiger partial charge >= 0.3 is 0 Å². The molecular weight excluding hydrogens is 340 g/mol. The predicted molar refractivity (Wildman–Crippen MR) is 114 cm³/mol. The van der Waals surface area contributed by atoms with Crippen LogP contribution < -0.4 is 10.6 Å². The fraction of sp³-hybridized carbons (Fsp3) is 0.667. The Bertz CT molecular complexity index is 563. The molecule has 3 rings (SSSR count). The molecule has 2 fully saturated rings. The van der Waals surface area contributed by atoms with Crippen LogP contribution in [-0.4, -0.2) is 48.0 Å². The fourth-order valence-electron chi connectivity index (χ4n) is 3.75. The number of piperidine rings is 1. The van der Waals surface area contributed by atoms with Crippen LogP contribution in [0, 0.1) is 0 Å². The van der Waals surface area contributed by atoms with Crippen molar-refractivity contribution in [2.45, 2.75) is 57.4 Å². The lowest BCUT2D eigenvalue weighted by Crippen LogP contribution is -2.40. The average Bonchev–Trinajstić information content (AvgIpc) is 3.19. The minimum absolute atomic E-state index is 0.741. The summed E-state index contributed by atoms with van der Waals surface area (Å²) in [5, 5.41) is 7.68. The fourth-order valence-corrected chi connectivity index (χ4v) is 4.95. The molecule has 1 unspecified atom stereocenters. The van der Waals surface area contributed by atoms with Gasteiger partial charge in [0.1, 0.15) is 0 Å². The molecule has 0 saturated carbocycles. The molecular formula is C21H34N4S. The van der Waals surface area contributed by atoms with E-state index in [1.54, 1.807) is 0 Å². The molecule has 2 N–H and O–H groups in total. The van der Waals surface area contributed by atoms with Gasteiger partial charge in [-0.3, -0.25) is 4.90 Å². The summed E-state index contributed by atoms with van der Waals surface area (Å²) in [5.41, 5.74) is 2.78. The average molecular weight is 375 g/mol. The second-order valence-corrected chi connectivity index (χ2v) is 8.72. The van der Waals surface area contributed by atoms with Crippen LogP contribution in [0.4, 0.5) is 0 Å². The highest BCUT2D eigenvalue weighted by molar-refractivity contribution is 8.00. The number of hydrogen-bond acceptors (Lipinski definition) is 3. The van der Waals surface area contributed by atoms with Crippen molar-refractivity contribution in [1.29, 1.82) is 0 Å². The Morgan fingerprint density at radius 3 is 2.65 bits per heavy atom. The van der Waals surface area contributed by atoms with Gasteiger partial charge in [0, 0.05) is 24.9 Å². The van der Waals surface area contributed by atoms with E-state index in [-0.39, 0.29) is 0 Å². The number of aliphatic imine (C=N–C) groups is 1. The largest absolute Gasteiger partial charge is 0.357 e. The highest BCUT2D eigenvalue weighted by Crippen LogP contribution is 2.25. The quantitative estimate of drug-likeness (QED) is 0.565. The maximum absolute atomic E-state index is 4.87. The number of guanidine groups is 1. The second-order valence-electron chi connectivity index (χ2n) is 7.32. The van der Waals surface area contributed by atoms with Gasteiger partial charge in [0.2, 0.25) is 0 Å². The Balaban J connectivity index is 1.58. The summed E-state index contributed by atoms with van der Waals surface area (Å²) in [6.45, 7) is 8.34. The lowest BCUT2D eigenvalue weighted by atomic mass is 10.1. The summed E-state index contributed by atoms with van der Waals surface area (Å²) in [6, 6.07) is 8.81. The molecule has 0 radical (unpaired) electrons. The maximum atomic E-state index is 4.87. The molecule has 4 nitrogen and oxygen atoms in total. The van der Waals surface area contributed by atoms with Gasteiger partial charge in [-0.05, 0) is 62.6 Å². The number of benzene rings is 1. The first kappa shape index (κ1) is 19.6. The van der Waals surface area contributed by atoms with Crippen LogP contribution in [-0.2, 0) is 13.1 Å². The number of thioether (sulfide) groups is 1. The summed E-state index contributed by atoms with van der Waals surface area (Å²) < 4.78 is 0. The molecule has 2 aliphatic heterocycles. The van der Waals surface area contributed by atoms with Gasteiger partial charge < -0.3 is 10.6 Å². The van der Waals surface area contributed by atoms with Crippen LogP contribution in [0.15, 0.2) is 29.3 Å². The highest BCUT2D eigenvalue weighted by Gasteiger charge is 2.16. The van der Waals surface area contributed by atoms with E-state index in [0.717, 1.165) is 37.4 Å². The molecule has 26 heavy (non-hydrogen) atoms. The van der Waals surface area contributed by atoms with Crippen molar-refractivity contribution in [1.82, 2.24) is 15.5 Å². The van der Waals surface area contributed by atoms with Gasteiger partial charge in [-0.25, -0.2) is 4.99 Å². The minimum atomic E-state index is 0.741. The molecule has 0 aliphatic carbocycles. The number of likely N-dealkylation sites (tertiary alicyclic amines) is 1. The Morgan fingerprint density at radius 2 is 1.92 bits per heavy atom. The summed E-state index contributed by atoms with van der Waals surface area (Å²) >= 11 is 2.09. The molecule has 2 aliphatic rings. The summed E-state index contributed by atoms with van der Waals surface area (Å²) in [6.07, 6.45) is 6.76. The van der Waals surface area contributed by atoms with E-state index in [0.29, 0.717) is 0 Å². The zero-order valence-electron chi connectivity index (χ0n) is 16.2. The van der Waals surface area contributed by atoms with Crippen LogP contribution in [0.2, 0.25) is 0 Å². The van der Waals surface area contributed by atoms with Gasteiger partial charge in [-0.15, -0.1) is 0 Å². The Morgan fingerprint density at radius 1 is 1.12 bits per heavy atom. The minimum Gasteiger partial charge on any atom is -0.357 e. The van der Waals surface area contributed by atoms with Crippen molar-refractivity contribution < 1.29 is 0 Å². The van der Waals surface area contributed by atoms with E-state index in [1.807, 2.05) is 0 Å². The number of hydrogen-bond donors (Lipinski definition) is 2. The first-order valence-corrected chi connectivity index (χ1v) is 11.3. The van der Waals surface area contributed by atoms with Crippen LogP contribution in [0.3, 0.4) is 0 Å². The van der Waals surface area contributed by atoms with Gasteiger partial charge in [0.15, 0.2) is 5.96 Å². The standard InChI is InChI=1S/C21H34N4S/c1-2-22-21(24-16-20-11-8-14-26-20)23-15-18-9-4-5-10-19(18)17-25-12-6-3-7-13-25/h4-5,9-10,20H,2-3,6-8,11-17H2,1H3,(H2,22,23,24). The lowest BCUT2D eigenvalue weighted by molar-refractivity contribution is 0.220. The van der Waals surface area contributed by atoms with Crippen molar-refractivity contribution in [2.75, 3.05) is 31.9 Å². The summed E-state index contributed by atoms with van der Waals surface area (Å²) in [7, 11) is 0. The lowest BCUT2D eigenvalue weighted by Gasteiger charge is -2.27. The van der Waals surface area contributed by atoms with Crippen LogP contribution in [0.25, 0.3) is 0 Å². The molecule has 2 saturated heterocycles. The Kier molecular flexibility index (Phi) is 8.15. The van der Waals surface area contributed by atoms with E-state index in [4.69, 9.17) is 4.99 Å². The first-order valence-electron chi connectivity index (χ1n) is 10.3. The molecule has 1 aromatic rings. The van der Waals surface area contributed by atoms with Crippen molar-refractivity contribution in [3.8, 4) is 0 Å². The van der Waals surface area contributed by atoms with E-state index in [1.165, 1.54) is 62.1 Å². The van der Waals surface area contributed by atoms with Crippen molar-refractivity contribution >= 4 is 17.7 Å². The maximum Gasteiger partial charge on any atom is 0.191 e. The van der Waals surface area contributed by atoms with E-state index >= 15 is 0 Å². The number of nitrogens with zero attached hydrogens (tertiary/aromatic N) is 2. The van der Waals surface area contributed by atoms with E-state index in [9.17, 15) is 0 Å². The zero-order chi connectivity index (χ0) is 18.0. The van der Waals surface area contributed by atoms with Gasteiger partial charge in [0.05, 0.1) is 6.54 Å². The normalized spacial score (nSPS) is 21.7. The number of nitrogens with one attached hydrogen (secondary N) is 2. The number of rotatable bonds is 7.